The van der Waals surface area contributed by atoms with Crippen LogP contribution in [0.2, 0.25) is 5.02 Å². The van der Waals surface area contributed by atoms with Crippen LogP contribution in [-0.2, 0) is 0 Å². The predicted molar refractivity (Wildman–Crippen MR) is 87.5 cm³/mol. The zero-order valence-electron chi connectivity index (χ0n) is 13.3. The van der Waals surface area contributed by atoms with E-state index in [2.05, 4.69) is 0 Å². The van der Waals surface area contributed by atoms with Crippen molar-refractivity contribution in [1.82, 2.24) is 4.90 Å². The van der Waals surface area contributed by atoms with Crippen molar-refractivity contribution < 1.29 is 15.0 Å². The number of hydrogen-bond acceptors (Lipinski definition) is 2. The van der Waals surface area contributed by atoms with Gasteiger partial charge in [0.1, 0.15) is 0 Å². The quantitative estimate of drug-likeness (QED) is 0.860. The molecule has 0 spiro atoms. The Balaban J connectivity index is 2.37. The van der Waals surface area contributed by atoms with Crippen LogP contribution in [0, 0.1) is 0 Å². The summed E-state index contributed by atoms with van der Waals surface area (Å²) in [6, 6.07) is 7.36. The van der Waals surface area contributed by atoms with E-state index in [9.17, 15) is 15.0 Å². The van der Waals surface area contributed by atoms with Crippen molar-refractivity contribution in [3.05, 3.63) is 34.9 Å². The molecule has 0 saturated heterocycles. The van der Waals surface area contributed by atoms with Gasteiger partial charge in [0.2, 0.25) is 0 Å². The number of rotatable bonds is 2. The maximum atomic E-state index is 11.8. The highest BCUT2D eigenvalue weighted by molar-refractivity contribution is 6.30. The Hall–Kier alpha value is -1.26. The first-order chi connectivity index (χ1) is 10.2. The van der Waals surface area contributed by atoms with Crippen LogP contribution >= 0.6 is 11.6 Å². The second kappa shape index (κ2) is 6.47. The lowest BCUT2D eigenvalue weighted by atomic mass is 9.77. The van der Waals surface area contributed by atoms with Crippen LogP contribution in [-0.4, -0.2) is 38.9 Å². The van der Waals surface area contributed by atoms with E-state index in [4.69, 9.17) is 11.6 Å². The zero-order chi connectivity index (χ0) is 16.5. The molecule has 3 atom stereocenters. The number of hydrogen-bond donors (Lipinski definition) is 2. The molecule has 4 nitrogen and oxygen atoms in total. The highest BCUT2D eigenvalue weighted by Gasteiger charge is 2.41. The minimum atomic E-state index is -0.909. The number of carbonyl (C=O) groups is 1. The minimum absolute atomic E-state index is 0.0173. The first-order valence-electron chi connectivity index (χ1n) is 7.66. The van der Waals surface area contributed by atoms with E-state index in [1.807, 2.05) is 45.0 Å². The smallest absolute Gasteiger partial charge is 0.408 e. The van der Waals surface area contributed by atoms with Crippen molar-refractivity contribution in [2.75, 3.05) is 0 Å². The summed E-state index contributed by atoms with van der Waals surface area (Å²) in [6.07, 6.45) is 0.583. The summed E-state index contributed by atoms with van der Waals surface area (Å²) in [5.74, 6) is -0.0173. The van der Waals surface area contributed by atoms with Gasteiger partial charge in [-0.2, -0.15) is 0 Å². The standard InChI is InChI=1S/C17H24ClNO3/c1-17(2,3)19(16(21)22)15-9-8-13(20)10-14(15)11-4-6-12(18)7-5-11/h4-7,13-15,20H,8-10H2,1-3H3,(H,21,22)/t13-,14-,15+/m0/s1. The first kappa shape index (κ1) is 17.1. The molecule has 22 heavy (non-hydrogen) atoms. The molecule has 1 fully saturated rings. The molecule has 5 heteroatoms. The average Bonchev–Trinajstić information content (AvgIpc) is 2.39. The van der Waals surface area contributed by atoms with Gasteiger partial charge in [-0.05, 0) is 57.7 Å². The van der Waals surface area contributed by atoms with Crippen molar-refractivity contribution in [3.63, 3.8) is 0 Å². The lowest BCUT2D eigenvalue weighted by molar-refractivity contribution is 0.0190. The molecule has 1 aromatic carbocycles. The molecule has 0 radical (unpaired) electrons. The van der Waals surface area contributed by atoms with Crippen molar-refractivity contribution in [1.29, 1.82) is 0 Å². The van der Waals surface area contributed by atoms with Crippen LogP contribution in [0.1, 0.15) is 51.5 Å². The Morgan fingerprint density at radius 2 is 1.82 bits per heavy atom. The van der Waals surface area contributed by atoms with Gasteiger partial charge in [-0.1, -0.05) is 23.7 Å². The number of halogens is 1. The summed E-state index contributed by atoms with van der Waals surface area (Å²) in [5, 5.41) is 20.4. The monoisotopic (exact) mass is 325 g/mol. The molecule has 1 amide bonds. The highest BCUT2D eigenvalue weighted by Crippen LogP contribution is 2.39. The predicted octanol–water partition coefficient (Wildman–Crippen LogP) is 4.12. The normalized spacial score (nSPS) is 25.8. The molecule has 0 unspecified atom stereocenters. The van der Waals surface area contributed by atoms with Gasteiger partial charge in [0, 0.05) is 22.5 Å². The van der Waals surface area contributed by atoms with Crippen LogP contribution in [0.5, 0.6) is 0 Å². The van der Waals surface area contributed by atoms with Crippen molar-refractivity contribution >= 4 is 17.7 Å². The van der Waals surface area contributed by atoms with Gasteiger partial charge in [0.25, 0.3) is 0 Å². The summed E-state index contributed by atoms with van der Waals surface area (Å²) in [4.78, 5) is 13.3. The molecule has 0 aromatic heterocycles. The second-order valence-electron chi connectivity index (χ2n) is 7.02. The molecule has 1 aromatic rings. The van der Waals surface area contributed by atoms with E-state index in [0.717, 1.165) is 5.56 Å². The van der Waals surface area contributed by atoms with Gasteiger partial charge >= 0.3 is 6.09 Å². The molecule has 2 rings (SSSR count). The molecule has 1 saturated carbocycles. The van der Waals surface area contributed by atoms with E-state index in [1.165, 1.54) is 4.90 Å². The van der Waals surface area contributed by atoms with Gasteiger partial charge < -0.3 is 10.2 Å². The Morgan fingerprint density at radius 1 is 1.23 bits per heavy atom. The van der Waals surface area contributed by atoms with E-state index >= 15 is 0 Å². The van der Waals surface area contributed by atoms with Crippen molar-refractivity contribution in [2.45, 2.75) is 63.6 Å². The fourth-order valence-electron chi connectivity index (χ4n) is 3.44. The molecule has 1 aliphatic carbocycles. The highest BCUT2D eigenvalue weighted by atomic mass is 35.5. The SMILES string of the molecule is CC(C)(C)N(C(=O)O)[C@@H]1CC[C@H](O)C[C@H]1c1ccc(Cl)cc1. The summed E-state index contributed by atoms with van der Waals surface area (Å²) >= 11 is 5.95. The third-order valence-corrected chi connectivity index (χ3v) is 4.60. The molecule has 0 heterocycles. The third kappa shape index (κ3) is 3.73. The largest absolute Gasteiger partial charge is 0.465 e. The van der Waals surface area contributed by atoms with Gasteiger partial charge in [0.15, 0.2) is 0 Å². The molecule has 1 aliphatic rings. The van der Waals surface area contributed by atoms with Gasteiger partial charge in [-0.15, -0.1) is 0 Å². The number of nitrogens with zero attached hydrogens (tertiary/aromatic N) is 1. The summed E-state index contributed by atoms with van der Waals surface area (Å²) in [5.41, 5.74) is 0.548. The van der Waals surface area contributed by atoms with Crippen LogP contribution in [0.4, 0.5) is 4.79 Å². The molecular formula is C17H24ClNO3. The number of carboxylic acid groups (broad SMARTS) is 1. The number of aliphatic hydroxyl groups excluding tert-OH is 1. The van der Waals surface area contributed by atoms with E-state index in [0.29, 0.717) is 24.3 Å². The van der Waals surface area contributed by atoms with Crippen molar-refractivity contribution in [2.24, 2.45) is 0 Å². The molecule has 0 aliphatic heterocycles. The first-order valence-corrected chi connectivity index (χ1v) is 8.03. The number of benzene rings is 1. The summed E-state index contributed by atoms with van der Waals surface area (Å²) < 4.78 is 0. The van der Waals surface area contributed by atoms with Gasteiger partial charge in [-0.25, -0.2) is 4.79 Å². The van der Waals surface area contributed by atoms with Crippen molar-refractivity contribution in [3.8, 4) is 0 Å². The zero-order valence-corrected chi connectivity index (χ0v) is 14.0. The maximum Gasteiger partial charge on any atom is 0.408 e. The maximum absolute atomic E-state index is 11.8. The van der Waals surface area contributed by atoms with Crippen LogP contribution in [0.3, 0.4) is 0 Å². The van der Waals surface area contributed by atoms with Crippen LogP contribution in [0.25, 0.3) is 0 Å². The fourth-order valence-corrected chi connectivity index (χ4v) is 3.56. The summed E-state index contributed by atoms with van der Waals surface area (Å²) in [7, 11) is 0. The fraction of sp³-hybridized carbons (Fsp3) is 0.588. The second-order valence-corrected chi connectivity index (χ2v) is 7.45. The lowest BCUT2D eigenvalue weighted by Crippen LogP contribution is -2.55. The van der Waals surface area contributed by atoms with Crippen LogP contribution < -0.4 is 0 Å². The molecule has 2 N–H and O–H groups in total. The molecular weight excluding hydrogens is 302 g/mol. The van der Waals surface area contributed by atoms with E-state index in [-0.39, 0.29) is 18.1 Å². The summed E-state index contributed by atoms with van der Waals surface area (Å²) in [6.45, 7) is 5.72. The van der Waals surface area contributed by atoms with Crippen LogP contribution in [0.15, 0.2) is 24.3 Å². The average molecular weight is 326 g/mol. The number of aliphatic hydroxyl groups is 1. The Morgan fingerprint density at radius 3 is 2.32 bits per heavy atom. The van der Waals surface area contributed by atoms with Gasteiger partial charge in [-0.3, -0.25) is 4.90 Å². The third-order valence-electron chi connectivity index (χ3n) is 4.34. The van der Waals surface area contributed by atoms with Gasteiger partial charge in [0.05, 0.1) is 6.10 Å². The Kier molecular flexibility index (Phi) is 5.03. The Bertz CT molecular complexity index is 524. The molecule has 0 bridgehead atoms. The molecule has 122 valence electrons. The van der Waals surface area contributed by atoms with E-state index < -0.39 is 11.6 Å². The van der Waals surface area contributed by atoms with E-state index in [1.54, 1.807) is 0 Å². The number of amides is 1. The Labute approximate surface area is 136 Å². The minimum Gasteiger partial charge on any atom is -0.465 e. The topological polar surface area (TPSA) is 60.8 Å². The lowest BCUT2D eigenvalue weighted by Gasteiger charge is -2.46.